The minimum absolute atomic E-state index is 0.0245. The largest absolute Gasteiger partial charge is 0.375 e. The highest BCUT2D eigenvalue weighted by Crippen LogP contribution is 2.27. The standard InChI is InChI=1S/C11H11FN2O2S/c1-6-3-8-9(4-7(6)12)17-11(13-8)14-10(15)5-16-2/h3-4H,5H2,1-2H3,(H,13,14,15). The zero-order valence-corrected chi connectivity index (χ0v) is 10.2. The number of aryl methyl sites for hydroxylation is 1. The predicted octanol–water partition coefficient (Wildman–Crippen LogP) is 2.33. The van der Waals surface area contributed by atoms with E-state index in [1.54, 1.807) is 13.0 Å². The molecule has 2 aromatic rings. The number of aromatic nitrogens is 1. The van der Waals surface area contributed by atoms with Gasteiger partial charge in [0.15, 0.2) is 5.13 Å². The third-order valence-electron chi connectivity index (χ3n) is 2.19. The van der Waals surface area contributed by atoms with E-state index < -0.39 is 0 Å². The van der Waals surface area contributed by atoms with Crippen molar-refractivity contribution in [2.24, 2.45) is 0 Å². The number of nitrogens with one attached hydrogen (secondary N) is 1. The Kier molecular flexibility index (Phi) is 3.35. The molecule has 6 heteroatoms. The Morgan fingerprint density at radius 3 is 3.06 bits per heavy atom. The Morgan fingerprint density at radius 1 is 1.59 bits per heavy atom. The number of hydrogen-bond donors (Lipinski definition) is 1. The van der Waals surface area contributed by atoms with Gasteiger partial charge in [-0.3, -0.25) is 10.1 Å². The molecule has 1 aromatic carbocycles. The van der Waals surface area contributed by atoms with E-state index in [-0.39, 0.29) is 18.3 Å². The van der Waals surface area contributed by atoms with Crippen LogP contribution >= 0.6 is 11.3 Å². The van der Waals surface area contributed by atoms with Crippen LogP contribution in [-0.2, 0) is 9.53 Å². The first-order chi connectivity index (χ1) is 8.10. The number of amides is 1. The van der Waals surface area contributed by atoms with Gasteiger partial charge < -0.3 is 4.74 Å². The lowest BCUT2D eigenvalue weighted by molar-refractivity contribution is -0.119. The van der Waals surface area contributed by atoms with E-state index in [9.17, 15) is 9.18 Å². The fraction of sp³-hybridized carbons (Fsp3) is 0.273. The van der Waals surface area contributed by atoms with Gasteiger partial charge in [-0.1, -0.05) is 11.3 Å². The van der Waals surface area contributed by atoms with E-state index in [0.29, 0.717) is 20.9 Å². The Morgan fingerprint density at radius 2 is 2.35 bits per heavy atom. The summed E-state index contributed by atoms with van der Waals surface area (Å²) < 4.78 is 18.7. The van der Waals surface area contributed by atoms with Crippen LogP contribution in [0.4, 0.5) is 9.52 Å². The maximum absolute atomic E-state index is 13.3. The Labute approximate surface area is 101 Å². The van der Waals surface area contributed by atoms with Crippen LogP contribution in [0.2, 0.25) is 0 Å². The first-order valence-corrected chi connectivity index (χ1v) is 5.77. The fourth-order valence-electron chi connectivity index (χ4n) is 1.39. The molecule has 4 nitrogen and oxygen atoms in total. The lowest BCUT2D eigenvalue weighted by atomic mass is 10.2. The smallest absolute Gasteiger partial charge is 0.252 e. The van der Waals surface area contributed by atoms with Crippen LogP contribution in [0.15, 0.2) is 12.1 Å². The summed E-state index contributed by atoms with van der Waals surface area (Å²) in [5, 5.41) is 3.04. The topological polar surface area (TPSA) is 51.2 Å². The molecule has 0 saturated carbocycles. The average Bonchev–Trinajstić information content (AvgIpc) is 2.60. The van der Waals surface area contributed by atoms with Gasteiger partial charge in [0.2, 0.25) is 0 Å². The van der Waals surface area contributed by atoms with Gasteiger partial charge in [-0.2, -0.15) is 0 Å². The van der Waals surface area contributed by atoms with Crippen molar-refractivity contribution >= 4 is 32.6 Å². The number of carbonyl (C=O) groups excluding carboxylic acids is 1. The number of carbonyl (C=O) groups is 1. The SMILES string of the molecule is COCC(=O)Nc1nc2cc(C)c(F)cc2s1. The van der Waals surface area contributed by atoms with Gasteiger partial charge in [0.1, 0.15) is 12.4 Å². The number of benzene rings is 1. The lowest BCUT2D eigenvalue weighted by Crippen LogP contribution is -2.16. The molecule has 2 rings (SSSR count). The fourth-order valence-corrected chi connectivity index (χ4v) is 2.28. The molecule has 1 aromatic heterocycles. The number of thiazole rings is 1. The van der Waals surface area contributed by atoms with Crippen molar-refractivity contribution in [1.29, 1.82) is 0 Å². The van der Waals surface area contributed by atoms with E-state index in [2.05, 4.69) is 10.3 Å². The van der Waals surface area contributed by atoms with Crippen molar-refractivity contribution < 1.29 is 13.9 Å². The molecule has 17 heavy (non-hydrogen) atoms. The summed E-state index contributed by atoms with van der Waals surface area (Å²) in [5.41, 5.74) is 1.22. The number of fused-ring (bicyclic) bond motifs is 1. The van der Waals surface area contributed by atoms with Crippen LogP contribution in [0.5, 0.6) is 0 Å². The molecule has 0 saturated heterocycles. The molecule has 0 aliphatic rings. The molecule has 0 aliphatic heterocycles. The van der Waals surface area contributed by atoms with Crippen LogP contribution in [0.1, 0.15) is 5.56 Å². The third kappa shape index (κ3) is 2.59. The average molecular weight is 254 g/mol. The van der Waals surface area contributed by atoms with Crippen LogP contribution in [0, 0.1) is 12.7 Å². The molecule has 1 N–H and O–H groups in total. The predicted molar refractivity (Wildman–Crippen MR) is 64.8 cm³/mol. The summed E-state index contributed by atoms with van der Waals surface area (Å²) in [6, 6.07) is 3.08. The highest BCUT2D eigenvalue weighted by molar-refractivity contribution is 7.22. The van der Waals surface area contributed by atoms with Crippen molar-refractivity contribution in [2.45, 2.75) is 6.92 Å². The van der Waals surface area contributed by atoms with Gasteiger partial charge in [-0.05, 0) is 24.6 Å². The molecule has 0 fully saturated rings. The summed E-state index contributed by atoms with van der Waals surface area (Å²) in [5.74, 6) is -0.542. The number of nitrogens with zero attached hydrogens (tertiary/aromatic N) is 1. The lowest BCUT2D eigenvalue weighted by Gasteiger charge is -1.98. The van der Waals surface area contributed by atoms with Gasteiger partial charge in [0.05, 0.1) is 10.2 Å². The van der Waals surface area contributed by atoms with Gasteiger partial charge >= 0.3 is 0 Å². The normalized spacial score (nSPS) is 10.8. The quantitative estimate of drug-likeness (QED) is 0.914. The summed E-state index contributed by atoms with van der Waals surface area (Å²) in [6.07, 6.45) is 0. The molecule has 0 spiro atoms. The summed E-state index contributed by atoms with van der Waals surface area (Å²) in [4.78, 5) is 15.5. The van der Waals surface area contributed by atoms with Crippen molar-refractivity contribution in [3.05, 3.63) is 23.5 Å². The van der Waals surface area contributed by atoms with Gasteiger partial charge in [0.25, 0.3) is 5.91 Å². The molecule has 0 atom stereocenters. The summed E-state index contributed by atoms with van der Waals surface area (Å²) >= 11 is 1.24. The van der Waals surface area contributed by atoms with Crippen LogP contribution in [-0.4, -0.2) is 24.6 Å². The molecular weight excluding hydrogens is 243 g/mol. The van der Waals surface area contributed by atoms with E-state index in [0.717, 1.165) is 0 Å². The van der Waals surface area contributed by atoms with Crippen LogP contribution < -0.4 is 5.32 Å². The number of hydrogen-bond acceptors (Lipinski definition) is 4. The monoisotopic (exact) mass is 254 g/mol. The maximum Gasteiger partial charge on any atom is 0.252 e. The van der Waals surface area contributed by atoms with E-state index in [4.69, 9.17) is 4.74 Å². The van der Waals surface area contributed by atoms with Crippen molar-refractivity contribution in [1.82, 2.24) is 4.98 Å². The molecule has 0 unspecified atom stereocenters. The highest BCUT2D eigenvalue weighted by Gasteiger charge is 2.09. The van der Waals surface area contributed by atoms with E-state index in [1.165, 1.54) is 24.5 Å². The van der Waals surface area contributed by atoms with Crippen molar-refractivity contribution in [2.75, 3.05) is 19.0 Å². The van der Waals surface area contributed by atoms with Crippen molar-refractivity contribution in [3.63, 3.8) is 0 Å². The number of methoxy groups -OCH3 is 1. The Bertz CT molecular complexity index is 529. The highest BCUT2D eigenvalue weighted by atomic mass is 32.1. The van der Waals surface area contributed by atoms with Gasteiger partial charge in [0, 0.05) is 7.11 Å². The Hall–Kier alpha value is -1.53. The molecular formula is C11H11FN2O2S. The van der Waals surface area contributed by atoms with Crippen LogP contribution in [0.25, 0.3) is 10.2 Å². The number of rotatable bonds is 3. The molecule has 0 radical (unpaired) electrons. The molecule has 0 bridgehead atoms. The molecule has 0 aliphatic carbocycles. The second-order valence-electron chi connectivity index (χ2n) is 3.57. The molecule has 90 valence electrons. The zero-order chi connectivity index (χ0) is 12.4. The minimum Gasteiger partial charge on any atom is -0.375 e. The maximum atomic E-state index is 13.3. The van der Waals surface area contributed by atoms with Gasteiger partial charge in [-0.15, -0.1) is 0 Å². The minimum atomic E-state index is -0.274. The molecule has 1 amide bonds. The van der Waals surface area contributed by atoms with Crippen LogP contribution in [0.3, 0.4) is 0 Å². The number of ether oxygens (including phenoxy) is 1. The van der Waals surface area contributed by atoms with E-state index >= 15 is 0 Å². The van der Waals surface area contributed by atoms with Crippen molar-refractivity contribution in [3.8, 4) is 0 Å². The zero-order valence-electron chi connectivity index (χ0n) is 9.41. The molecule has 1 heterocycles. The third-order valence-corrected chi connectivity index (χ3v) is 3.12. The first kappa shape index (κ1) is 11.9. The first-order valence-electron chi connectivity index (χ1n) is 4.95. The second-order valence-corrected chi connectivity index (χ2v) is 4.60. The second kappa shape index (κ2) is 4.77. The number of halogens is 1. The summed E-state index contributed by atoms with van der Waals surface area (Å²) in [7, 11) is 1.44. The number of anilines is 1. The summed E-state index contributed by atoms with van der Waals surface area (Å²) in [6.45, 7) is 1.65. The Balaban J connectivity index is 2.29. The van der Waals surface area contributed by atoms with E-state index in [1.807, 2.05) is 0 Å². The van der Waals surface area contributed by atoms with Gasteiger partial charge in [-0.25, -0.2) is 9.37 Å².